The molecule has 0 unspecified atom stereocenters. The normalized spacial score (nSPS) is 21.0. The molecule has 0 amide bonds. The van der Waals surface area contributed by atoms with Gasteiger partial charge in [0.05, 0.1) is 6.10 Å². The van der Waals surface area contributed by atoms with E-state index in [0.29, 0.717) is 12.6 Å². The summed E-state index contributed by atoms with van der Waals surface area (Å²) in [7, 11) is 0. The molecule has 1 fully saturated rings. The van der Waals surface area contributed by atoms with E-state index in [1.54, 1.807) is 0 Å². The molecular formula is C19H28IN3O2. The van der Waals surface area contributed by atoms with Crippen molar-refractivity contribution in [1.82, 2.24) is 10.6 Å². The van der Waals surface area contributed by atoms with Crippen LogP contribution in [-0.2, 0) is 6.42 Å². The van der Waals surface area contributed by atoms with Crippen LogP contribution in [0.25, 0.3) is 11.0 Å². The number of nitrogens with zero attached hydrogens (tertiary/aromatic N) is 1. The van der Waals surface area contributed by atoms with Crippen LogP contribution in [0, 0.1) is 0 Å². The monoisotopic (exact) mass is 457 g/mol. The van der Waals surface area contributed by atoms with E-state index >= 15 is 0 Å². The predicted octanol–water partition coefficient (Wildman–Crippen LogP) is 3.45. The molecule has 1 aromatic carbocycles. The Balaban J connectivity index is 0.00000225. The number of furan rings is 1. The molecule has 1 aliphatic rings. The molecule has 0 saturated heterocycles. The molecule has 1 aromatic heterocycles. The van der Waals surface area contributed by atoms with Crippen molar-refractivity contribution in [3.8, 4) is 0 Å². The summed E-state index contributed by atoms with van der Waals surface area (Å²) in [5, 5.41) is 17.5. The molecule has 5 nitrogen and oxygen atoms in total. The summed E-state index contributed by atoms with van der Waals surface area (Å²) in [4.78, 5) is 4.66. The van der Waals surface area contributed by atoms with Gasteiger partial charge in [-0.2, -0.15) is 0 Å². The fourth-order valence-electron chi connectivity index (χ4n) is 3.17. The van der Waals surface area contributed by atoms with Crippen molar-refractivity contribution in [2.24, 2.45) is 4.99 Å². The van der Waals surface area contributed by atoms with Gasteiger partial charge in [-0.25, -0.2) is 0 Å². The van der Waals surface area contributed by atoms with Gasteiger partial charge in [0.2, 0.25) is 0 Å². The number of para-hydroxylation sites is 1. The van der Waals surface area contributed by atoms with Crippen LogP contribution in [0.5, 0.6) is 0 Å². The molecule has 1 aliphatic carbocycles. The molecule has 0 atom stereocenters. The number of aliphatic imine (C=N–C) groups is 1. The van der Waals surface area contributed by atoms with Crippen molar-refractivity contribution in [2.75, 3.05) is 13.1 Å². The van der Waals surface area contributed by atoms with Gasteiger partial charge in [0.25, 0.3) is 0 Å². The van der Waals surface area contributed by atoms with Crippen LogP contribution >= 0.6 is 24.0 Å². The van der Waals surface area contributed by atoms with Gasteiger partial charge in [0, 0.05) is 30.9 Å². The van der Waals surface area contributed by atoms with Crippen molar-refractivity contribution in [2.45, 2.75) is 51.2 Å². The first-order valence-electron chi connectivity index (χ1n) is 8.95. The van der Waals surface area contributed by atoms with E-state index in [0.717, 1.165) is 61.3 Å². The highest BCUT2D eigenvalue weighted by molar-refractivity contribution is 14.0. The summed E-state index contributed by atoms with van der Waals surface area (Å²) in [5.74, 6) is 1.83. The topological polar surface area (TPSA) is 69.8 Å². The van der Waals surface area contributed by atoms with Gasteiger partial charge in [-0.05, 0) is 44.7 Å². The molecule has 1 saturated carbocycles. The lowest BCUT2D eigenvalue weighted by atomic mass is 9.93. The Morgan fingerprint density at radius 1 is 1.24 bits per heavy atom. The third-order valence-corrected chi connectivity index (χ3v) is 4.49. The summed E-state index contributed by atoms with van der Waals surface area (Å²) in [5.41, 5.74) is 0.933. The number of rotatable bonds is 5. The maximum absolute atomic E-state index is 9.61. The average Bonchev–Trinajstić information content (AvgIpc) is 3.00. The lowest BCUT2D eigenvalue weighted by Gasteiger charge is -2.27. The smallest absolute Gasteiger partial charge is 0.191 e. The Kier molecular flexibility index (Phi) is 8.02. The van der Waals surface area contributed by atoms with Crippen LogP contribution in [0.1, 0.15) is 38.4 Å². The van der Waals surface area contributed by atoms with E-state index in [-0.39, 0.29) is 30.1 Å². The number of guanidine groups is 1. The highest BCUT2D eigenvalue weighted by Gasteiger charge is 2.19. The highest BCUT2D eigenvalue weighted by Crippen LogP contribution is 2.19. The molecule has 25 heavy (non-hydrogen) atoms. The molecule has 6 heteroatoms. The van der Waals surface area contributed by atoms with Crippen molar-refractivity contribution in [1.29, 1.82) is 0 Å². The molecule has 3 rings (SSSR count). The van der Waals surface area contributed by atoms with Crippen LogP contribution in [0.3, 0.4) is 0 Å². The number of aliphatic hydroxyl groups is 1. The van der Waals surface area contributed by atoms with Crippen LogP contribution in [0.2, 0.25) is 0 Å². The second kappa shape index (κ2) is 10.0. The first kappa shape index (κ1) is 20.0. The van der Waals surface area contributed by atoms with Crippen molar-refractivity contribution in [3.63, 3.8) is 0 Å². The summed E-state index contributed by atoms with van der Waals surface area (Å²) in [6.07, 6.45) is 4.39. The molecule has 0 radical (unpaired) electrons. The highest BCUT2D eigenvalue weighted by atomic mass is 127. The van der Waals surface area contributed by atoms with Gasteiger partial charge in [-0.1, -0.05) is 18.2 Å². The van der Waals surface area contributed by atoms with Crippen LogP contribution in [0.4, 0.5) is 0 Å². The average molecular weight is 457 g/mol. The number of hydrogen-bond acceptors (Lipinski definition) is 3. The van der Waals surface area contributed by atoms with Gasteiger partial charge < -0.3 is 20.2 Å². The van der Waals surface area contributed by atoms with E-state index in [1.807, 2.05) is 18.2 Å². The van der Waals surface area contributed by atoms with Gasteiger partial charge in [0.1, 0.15) is 11.3 Å². The third-order valence-electron chi connectivity index (χ3n) is 4.49. The van der Waals surface area contributed by atoms with Gasteiger partial charge in [0.15, 0.2) is 5.96 Å². The lowest BCUT2D eigenvalue weighted by molar-refractivity contribution is 0.120. The van der Waals surface area contributed by atoms with E-state index < -0.39 is 0 Å². The SMILES string of the molecule is CCNC(=NCCc1cc2ccccc2o1)NC1CCC(O)CC1.I. The predicted molar refractivity (Wildman–Crippen MR) is 113 cm³/mol. The second-order valence-corrected chi connectivity index (χ2v) is 6.41. The number of benzene rings is 1. The summed E-state index contributed by atoms with van der Waals surface area (Å²) < 4.78 is 5.83. The molecule has 0 spiro atoms. The molecule has 2 aromatic rings. The minimum absolute atomic E-state index is 0. The molecule has 0 aliphatic heterocycles. The van der Waals surface area contributed by atoms with Crippen LogP contribution in [-0.4, -0.2) is 36.3 Å². The van der Waals surface area contributed by atoms with E-state index in [9.17, 15) is 5.11 Å². The number of hydrogen-bond donors (Lipinski definition) is 3. The zero-order chi connectivity index (χ0) is 16.8. The Morgan fingerprint density at radius 3 is 2.72 bits per heavy atom. The Morgan fingerprint density at radius 2 is 2.00 bits per heavy atom. The molecule has 3 N–H and O–H groups in total. The van der Waals surface area contributed by atoms with Gasteiger partial charge in [-0.15, -0.1) is 24.0 Å². The van der Waals surface area contributed by atoms with E-state index in [4.69, 9.17) is 4.42 Å². The first-order chi connectivity index (χ1) is 11.7. The maximum Gasteiger partial charge on any atom is 0.191 e. The van der Waals surface area contributed by atoms with E-state index in [1.165, 1.54) is 0 Å². The fraction of sp³-hybridized carbons (Fsp3) is 0.526. The molecule has 138 valence electrons. The number of aliphatic hydroxyl groups excluding tert-OH is 1. The summed E-state index contributed by atoms with van der Waals surface area (Å²) in [6, 6.07) is 10.6. The van der Waals surface area contributed by atoms with Crippen molar-refractivity contribution in [3.05, 3.63) is 36.1 Å². The summed E-state index contributed by atoms with van der Waals surface area (Å²) >= 11 is 0. The van der Waals surface area contributed by atoms with Gasteiger partial charge >= 0.3 is 0 Å². The molecule has 1 heterocycles. The maximum atomic E-state index is 9.61. The lowest BCUT2D eigenvalue weighted by Crippen LogP contribution is -2.45. The Bertz CT molecular complexity index is 645. The van der Waals surface area contributed by atoms with Crippen LogP contribution in [0.15, 0.2) is 39.7 Å². The minimum Gasteiger partial charge on any atom is -0.461 e. The standard InChI is InChI=1S/C19H27N3O2.HI/c1-2-20-19(22-15-7-9-16(23)10-8-15)21-12-11-17-13-14-5-3-4-6-18(14)24-17;/h3-6,13,15-16,23H,2,7-12H2,1H3,(H2,20,21,22);1H. The zero-order valence-electron chi connectivity index (χ0n) is 14.7. The van der Waals surface area contributed by atoms with Crippen LogP contribution < -0.4 is 10.6 Å². The fourth-order valence-corrected chi connectivity index (χ4v) is 3.17. The van der Waals surface area contributed by atoms with Gasteiger partial charge in [-0.3, -0.25) is 4.99 Å². The first-order valence-corrected chi connectivity index (χ1v) is 8.95. The third kappa shape index (κ3) is 5.88. The number of halogens is 1. The largest absolute Gasteiger partial charge is 0.461 e. The number of nitrogens with one attached hydrogen (secondary N) is 2. The van der Waals surface area contributed by atoms with Crippen molar-refractivity contribution < 1.29 is 9.52 Å². The summed E-state index contributed by atoms with van der Waals surface area (Å²) in [6.45, 7) is 3.59. The molecular weight excluding hydrogens is 429 g/mol. The van der Waals surface area contributed by atoms with Crippen molar-refractivity contribution >= 4 is 40.9 Å². The minimum atomic E-state index is -0.129. The quantitative estimate of drug-likeness (QED) is 0.366. The Hall–Kier alpha value is -1.28. The Labute approximate surface area is 166 Å². The zero-order valence-corrected chi connectivity index (χ0v) is 17.0. The molecule has 0 bridgehead atoms. The second-order valence-electron chi connectivity index (χ2n) is 6.41. The van der Waals surface area contributed by atoms with E-state index in [2.05, 4.69) is 34.7 Å². The number of fused-ring (bicyclic) bond motifs is 1.